The van der Waals surface area contributed by atoms with E-state index in [-0.39, 0.29) is 11.2 Å². The highest BCUT2D eigenvalue weighted by Gasteiger charge is 2.33. The number of hydrogen-bond donors (Lipinski definition) is 1. The summed E-state index contributed by atoms with van der Waals surface area (Å²) in [5.41, 5.74) is 0.749. The second-order valence-corrected chi connectivity index (χ2v) is 6.14. The minimum Gasteiger partial charge on any atom is -0.497 e. The Bertz CT molecular complexity index is 750. The molecule has 0 aliphatic heterocycles. The van der Waals surface area contributed by atoms with Crippen LogP contribution in [0.25, 0.3) is 11.4 Å². The van der Waals surface area contributed by atoms with Gasteiger partial charge in [0.2, 0.25) is 0 Å². The van der Waals surface area contributed by atoms with Crippen LogP contribution in [0.4, 0.5) is 0 Å². The topological polar surface area (TPSA) is 100 Å². The third kappa shape index (κ3) is 2.27. The molecule has 1 aromatic heterocycles. The van der Waals surface area contributed by atoms with Crippen molar-refractivity contribution in [3.8, 4) is 17.1 Å². The van der Waals surface area contributed by atoms with E-state index in [1.54, 1.807) is 17.7 Å². The fourth-order valence-electron chi connectivity index (χ4n) is 2.09. The summed E-state index contributed by atoms with van der Waals surface area (Å²) in [4.78, 5) is 0. The molecule has 0 radical (unpaired) electrons. The Labute approximate surface area is 116 Å². The van der Waals surface area contributed by atoms with Gasteiger partial charge in [-0.25, -0.2) is 13.6 Å². The monoisotopic (exact) mass is 294 g/mol. The molecule has 7 nitrogen and oxygen atoms in total. The Balaban J connectivity index is 2.16. The van der Waals surface area contributed by atoms with Gasteiger partial charge >= 0.3 is 0 Å². The van der Waals surface area contributed by atoms with E-state index in [9.17, 15) is 8.42 Å². The van der Waals surface area contributed by atoms with E-state index < -0.39 is 10.0 Å². The van der Waals surface area contributed by atoms with Crippen LogP contribution >= 0.6 is 0 Å². The number of hydrogen-bond acceptors (Lipinski definition) is 5. The zero-order chi connectivity index (χ0) is 14.3. The van der Waals surface area contributed by atoms with Crippen LogP contribution in [0.1, 0.15) is 18.9 Å². The van der Waals surface area contributed by atoms with Crippen molar-refractivity contribution in [3.05, 3.63) is 24.3 Å². The maximum atomic E-state index is 11.6. The van der Waals surface area contributed by atoms with Crippen molar-refractivity contribution >= 4 is 10.0 Å². The number of benzene rings is 1. The number of methoxy groups -OCH3 is 1. The lowest BCUT2D eigenvalue weighted by molar-refractivity contribution is 0.415. The maximum Gasteiger partial charge on any atom is 0.273 e. The lowest BCUT2D eigenvalue weighted by atomic mass is 10.2. The lowest BCUT2D eigenvalue weighted by Crippen LogP contribution is -2.18. The molecule has 1 saturated carbocycles. The fraction of sp³-hybridized carbons (Fsp3) is 0.333. The average molecular weight is 294 g/mol. The third-order valence-electron chi connectivity index (χ3n) is 3.16. The van der Waals surface area contributed by atoms with Gasteiger partial charge in [-0.15, -0.1) is 10.2 Å². The van der Waals surface area contributed by atoms with Crippen molar-refractivity contribution in [2.24, 2.45) is 5.14 Å². The minimum atomic E-state index is -3.88. The van der Waals surface area contributed by atoms with Gasteiger partial charge in [-0.2, -0.15) is 0 Å². The van der Waals surface area contributed by atoms with Crippen LogP contribution in [0.3, 0.4) is 0 Å². The smallest absolute Gasteiger partial charge is 0.273 e. The predicted octanol–water partition coefficient (Wildman–Crippen LogP) is 0.936. The lowest BCUT2D eigenvalue weighted by Gasteiger charge is -2.08. The van der Waals surface area contributed by atoms with Crippen LogP contribution in [-0.4, -0.2) is 30.3 Å². The molecule has 2 N–H and O–H groups in total. The molecule has 1 aliphatic carbocycles. The van der Waals surface area contributed by atoms with E-state index in [0.717, 1.165) is 18.4 Å². The number of ether oxygens (including phenoxy) is 1. The van der Waals surface area contributed by atoms with Gasteiger partial charge in [0.15, 0.2) is 5.82 Å². The van der Waals surface area contributed by atoms with Crippen LogP contribution in [0.2, 0.25) is 0 Å². The summed E-state index contributed by atoms with van der Waals surface area (Å²) in [6.45, 7) is 0. The maximum absolute atomic E-state index is 11.6. The first-order valence-electron chi connectivity index (χ1n) is 6.13. The van der Waals surface area contributed by atoms with Crippen molar-refractivity contribution in [3.63, 3.8) is 0 Å². The standard InChI is InChI=1S/C12H14N4O3S/c1-19-10-4-2-3-8(7-10)11-14-15-12(20(13,17)18)16(11)9-5-6-9/h2-4,7,9H,5-6H2,1H3,(H2,13,17,18). The second kappa shape index (κ2) is 4.57. The number of nitrogens with two attached hydrogens (primary N) is 1. The molecule has 1 fully saturated rings. The molecule has 3 rings (SSSR count). The van der Waals surface area contributed by atoms with Gasteiger partial charge in [0, 0.05) is 11.6 Å². The van der Waals surface area contributed by atoms with Crippen molar-refractivity contribution in [1.29, 1.82) is 0 Å². The molecule has 1 aromatic carbocycles. The molecule has 1 heterocycles. The summed E-state index contributed by atoms with van der Waals surface area (Å²) in [5, 5.41) is 12.7. The Hall–Kier alpha value is -1.93. The Morgan fingerprint density at radius 2 is 2.10 bits per heavy atom. The Kier molecular flexibility index (Phi) is 2.98. The van der Waals surface area contributed by atoms with Gasteiger partial charge < -0.3 is 4.74 Å². The predicted molar refractivity (Wildman–Crippen MR) is 71.7 cm³/mol. The molecule has 0 unspecified atom stereocenters. The van der Waals surface area contributed by atoms with Crippen LogP contribution in [0, 0.1) is 0 Å². The molecule has 0 atom stereocenters. The minimum absolute atomic E-state index is 0.0968. The highest BCUT2D eigenvalue weighted by atomic mass is 32.2. The molecule has 106 valence electrons. The van der Waals surface area contributed by atoms with Crippen LogP contribution in [0.15, 0.2) is 29.4 Å². The normalized spacial score (nSPS) is 15.3. The highest BCUT2D eigenvalue weighted by Crippen LogP contribution is 2.40. The van der Waals surface area contributed by atoms with Crippen LogP contribution in [0.5, 0.6) is 5.75 Å². The van der Waals surface area contributed by atoms with Gasteiger partial charge in [-0.3, -0.25) is 4.57 Å². The number of nitrogens with zero attached hydrogens (tertiary/aromatic N) is 3. The van der Waals surface area contributed by atoms with E-state index in [1.165, 1.54) is 0 Å². The molecule has 0 saturated heterocycles. The number of aromatic nitrogens is 3. The molecule has 1 aliphatic rings. The van der Waals surface area contributed by atoms with Crippen molar-refractivity contribution in [1.82, 2.24) is 14.8 Å². The molecule has 0 spiro atoms. The summed E-state index contributed by atoms with van der Waals surface area (Å²) in [6, 6.07) is 7.34. The van der Waals surface area contributed by atoms with Gasteiger partial charge in [-0.1, -0.05) is 12.1 Å². The average Bonchev–Trinajstić information content (AvgIpc) is 3.15. The summed E-state index contributed by atoms with van der Waals surface area (Å²) < 4.78 is 29.9. The van der Waals surface area contributed by atoms with Crippen molar-refractivity contribution in [2.75, 3.05) is 7.11 Å². The molecular weight excluding hydrogens is 280 g/mol. The van der Waals surface area contributed by atoms with Gasteiger partial charge in [-0.05, 0) is 25.0 Å². The largest absolute Gasteiger partial charge is 0.497 e. The number of rotatable bonds is 4. The second-order valence-electron chi connectivity index (χ2n) is 4.68. The third-order valence-corrected chi connectivity index (χ3v) is 3.95. The SMILES string of the molecule is COc1cccc(-c2nnc(S(N)(=O)=O)n2C2CC2)c1. The Morgan fingerprint density at radius 3 is 2.70 bits per heavy atom. The van der Waals surface area contributed by atoms with E-state index in [4.69, 9.17) is 9.88 Å². The number of sulfonamides is 1. The van der Waals surface area contributed by atoms with Crippen molar-refractivity contribution in [2.45, 2.75) is 24.0 Å². The first-order valence-corrected chi connectivity index (χ1v) is 7.67. The molecule has 2 aromatic rings. The van der Waals surface area contributed by atoms with Crippen LogP contribution < -0.4 is 9.88 Å². The zero-order valence-electron chi connectivity index (χ0n) is 10.9. The molecule has 20 heavy (non-hydrogen) atoms. The summed E-state index contributed by atoms with van der Waals surface area (Å²) in [5.74, 6) is 1.17. The Morgan fingerprint density at radius 1 is 1.35 bits per heavy atom. The molecule has 0 amide bonds. The molecule has 0 bridgehead atoms. The number of primary sulfonamides is 1. The molecule has 8 heteroatoms. The van der Waals surface area contributed by atoms with Gasteiger partial charge in [0.05, 0.1) is 7.11 Å². The summed E-state index contributed by atoms with van der Waals surface area (Å²) in [7, 11) is -2.31. The van der Waals surface area contributed by atoms with Gasteiger partial charge in [0.25, 0.3) is 15.2 Å². The van der Waals surface area contributed by atoms with Crippen molar-refractivity contribution < 1.29 is 13.2 Å². The van der Waals surface area contributed by atoms with E-state index in [1.807, 2.05) is 18.2 Å². The summed E-state index contributed by atoms with van der Waals surface area (Å²) in [6.07, 6.45) is 1.80. The summed E-state index contributed by atoms with van der Waals surface area (Å²) >= 11 is 0. The first kappa shape index (κ1) is 13.1. The quantitative estimate of drug-likeness (QED) is 0.904. The zero-order valence-corrected chi connectivity index (χ0v) is 11.7. The van der Waals surface area contributed by atoms with E-state index in [0.29, 0.717) is 11.6 Å². The van der Waals surface area contributed by atoms with Gasteiger partial charge in [0.1, 0.15) is 5.75 Å². The van der Waals surface area contributed by atoms with E-state index in [2.05, 4.69) is 10.2 Å². The van der Waals surface area contributed by atoms with Crippen LogP contribution in [-0.2, 0) is 10.0 Å². The first-order chi connectivity index (χ1) is 9.50. The van der Waals surface area contributed by atoms with E-state index >= 15 is 0 Å². The molecular formula is C12H14N4O3S. The fourth-order valence-corrected chi connectivity index (χ4v) is 2.76. The highest BCUT2D eigenvalue weighted by molar-refractivity contribution is 7.89.